The number of ether oxygens (including phenoxy) is 2. The van der Waals surface area contributed by atoms with Gasteiger partial charge in [0.15, 0.2) is 0 Å². The molecule has 2 amide bonds. The Morgan fingerprint density at radius 1 is 1.11 bits per heavy atom. The molecule has 0 aliphatic carbocycles. The van der Waals surface area contributed by atoms with Gasteiger partial charge in [-0.15, -0.1) is 0 Å². The van der Waals surface area contributed by atoms with E-state index < -0.39 is 5.60 Å². The van der Waals surface area contributed by atoms with Crippen LogP contribution >= 0.6 is 11.6 Å². The van der Waals surface area contributed by atoms with Gasteiger partial charge in [-0.2, -0.15) is 5.10 Å². The molecule has 8 nitrogen and oxygen atoms in total. The number of anilines is 1. The largest absolute Gasteiger partial charge is 0.492 e. The fourth-order valence-electron chi connectivity index (χ4n) is 4.65. The number of rotatable bonds is 6. The highest BCUT2D eigenvalue weighted by Crippen LogP contribution is 2.35. The molecule has 9 heteroatoms. The van der Waals surface area contributed by atoms with Gasteiger partial charge >= 0.3 is 6.09 Å². The number of halogens is 1. The summed E-state index contributed by atoms with van der Waals surface area (Å²) in [5.74, 6) is 0.332. The molecule has 4 rings (SSSR count). The van der Waals surface area contributed by atoms with Crippen LogP contribution < -0.4 is 10.1 Å². The highest BCUT2D eigenvalue weighted by atomic mass is 35.5. The summed E-state index contributed by atoms with van der Waals surface area (Å²) in [7, 11) is 0. The Bertz CT molecular complexity index is 1310. The van der Waals surface area contributed by atoms with Gasteiger partial charge in [0.1, 0.15) is 11.4 Å². The van der Waals surface area contributed by atoms with E-state index in [1.54, 1.807) is 11.1 Å². The molecule has 1 aromatic heterocycles. The molecule has 202 valence electrons. The third-order valence-corrected chi connectivity index (χ3v) is 6.90. The number of nitrogens with zero attached hydrogens (tertiary/aromatic N) is 3. The molecule has 1 aliphatic rings. The molecule has 38 heavy (non-hydrogen) atoms. The second-order valence-corrected chi connectivity index (χ2v) is 10.8. The molecule has 0 radical (unpaired) electrons. The minimum Gasteiger partial charge on any atom is -0.492 e. The van der Waals surface area contributed by atoms with Crippen molar-refractivity contribution in [3.8, 4) is 11.4 Å². The van der Waals surface area contributed by atoms with Crippen LogP contribution in [0.1, 0.15) is 68.1 Å². The summed E-state index contributed by atoms with van der Waals surface area (Å²) in [5.41, 5.74) is 3.00. The average Bonchev–Trinajstić information content (AvgIpc) is 3.31. The zero-order chi connectivity index (χ0) is 27.4. The zero-order valence-electron chi connectivity index (χ0n) is 22.6. The average molecular weight is 539 g/mol. The smallest absolute Gasteiger partial charge is 0.410 e. The standard InChI is InChI=1S/C29H35ClN4O4/c1-6-37-25-13-8-7-11-23(25)32-27(35)21-18-31-34(24-12-9-10-22(30)19(24)2)26(21)20-14-16-33(17-15-20)28(36)38-29(3,4)5/h7-13,18,20H,6,14-17H2,1-5H3,(H,32,35). The van der Waals surface area contributed by atoms with Crippen molar-refractivity contribution in [2.24, 2.45) is 0 Å². The van der Waals surface area contributed by atoms with Gasteiger partial charge < -0.3 is 19.7 Å². The molecule has 2 heterocycles. The van der Waals surface area contributed by atoms with E-state index >= 15 is 0 Å². The molecule has 3 aromatic rings. The Morgan fingerprint density at radius 2 is 1.82 bits per heavy atom. The summed E-state index contributed by atoms with van der Waals surface area (Å²) in [6.07, 6.45) is 2.62. The normalized spacial score (nSPS) is 14.3. The lowest BCUT2D eigenvalue weighted by Gasteiger charge is -2.34. The first-order chi connectivity index (χ1) is 18.1. The van der Waals surface area contributed by atoms with Crippen LogP contribution in [0.4, 0.5) is 10.5 Å². The Hall–Kier alpha value is -3.52. The van der Waals surface area contributed by atoms with Gasteiger partial charge in [0, 0.05) is 24.0 Å². The Labute approximate surface area is 228 Å². The molecule has 1 aliphatic heterocycles. The number of aromatic nitrogens is 2. The topological polar surface area (TPSA) is 85.7 Å². The summed E-state index contributed by atoms with van der Waals surface area (Å²) in [6.45, 7) is 10.9. The van der Waals surface area contributed by atoms with Crippen molar-refractivity contribution in [1.82, 2.24) is 14.7 Å². The number of amides is 2. The number of hydrogen-bond donors (Lipinski definition) is 1. The highest BCUT2D eigenvalue weighted by Gasteiger charge is 2.32. The maximum atomic E-state index is 13.6. The maximum Gasteiger partial charge on any atom is 0.410 e. The lowest BCUT2D eigenvalue weighted by molar-refractivity contribution is 0.0203. The molecule has 0 bridgehead atoms. The number of benzene rings is 2. The van der Waals surface area contributed by atoms with Crippen LogP contribution in [-0.2, 0) is 4.74 Å². The van der Waals surface area contributed by atoms with E-state index in [1.807, 2.05) is 81.8 Å². The van der Waals surface area contributed by atoms with Gasteiger partial charge in [-0.3, -0.25) is 4.79 Å². The van der Waals surface area contributed by atoms with E-state index in [-0.39, 0.29) is 17.9 Å². The monoisotopic (exact) mass is 538 g/mol. The highest BCUT2D eigenvalue weighted by molar-refractivity contribution is 6.31. The zero-order valence-corrected chi connectivity index (χ0v) is 23.3. The Balaban J connectivity index is 1.66. The lowest BCUT2D eigenvalue weighted by atomic mass is 9.90. The first kappa shape index (κ1) is 27.5. The van der Waals surface area contributed by atoms with Gasteiger partial charge in [-0.05, 0) is 77.3 Å². The molecule has 0 saturated carbocycles. The predicted octanol–water partition coefficient (Wildman–Crippen LogP) is 6.60. The van der Waals surface area contributed by atoms with E-state index in [9.17, 15) is 9.59 Å². The molecule has 0 spiro atoms. The minimum atomic E-state index is -0.556. The molecular weight excluding hydrogens is 504 g/mol. The Morgan fingerprint density at radius 3 is 2.50 bits per heavy atom. The van der Waals surface area contributed by atoms with Gasteiger partial charge in [-0.1, -0.05) is 29.8 Å². The van der Waals surface area contributed by atoms with Gasteiger partial charge in [-0.25, -0.2) is 9.48 Å². The van der Waals surface area contributed by atoms with Gasteiger partial charge in [0.25, 0.3) is 5.91 Å². The van der Waals surface area contributed by atoms with E-state index in [0.717, 1.165) is 16.9 Å². The van der Waals surface area contributed by atoms with Crippen LogP contribution in [0.5, 0.6) is 5.75 Å². The van der Waals surface area contributed by atoms with Crippen molar-refractivity contribution < 1.29 is 19.1 Å². The third-order valence-electron chi connectivity index (χ3n) is 6.49. The van der Waals surface area contributed by atoms with Crippen LogP contribution in [-0.4, -0.2) is 52.0 Å². The minimum absolute atomic E-state index is 0.00236. The SMILES string of the molecule is CCOc1ccccc1NC(=O)c1cnn(-c2cccc(Cl)c2C)c1C1CCN(C(=O)OC(C)(C)C)CC1. The van der Waals surface area contributed by atoms with Crippen molar-refractivity contribution >= 4 is 29.3 Å². The molecule has 0 unspecified atom stereocenters. The first-order valence-electron chi connectivity index (χ1n) is 12.9. The quantitative estimate of drug-likeness (QED) is 0.382. The number of para-hydroxylation sites is 2. The number of piperidine rings is 1. The summed E-state index contributed by atoms with van der Waals surface area (Å²) >= 11 is 6.44. The van der Waals surface area contributed by atoms with Crippen LogP contribution in [0, 0.1) is 6.92 Å². The van der Waals surface area contributed by atoms with Crippen molar-refractivity contribution in [3.63, 3.8) is 0 Å². The van der Waals surface area contributed by atoms with Gasteiger partial charge in [0.05, 0.1) is 35.4 Å². The number of hydrogen-bond acceptors (Lipinski definition) is 5. The van der Waals surface area contributed by atoms with E-state index in [2.05, 4.69) is 10.4 Å². The van der Waals surface area contributed by atoms with Crippen molar-refractivity contribution in [3.05, 3.63) is 70.5 Å². The number of nitrogens with one attached hydrogen (secondary N) is 1. The number of likely N-dealkylation sites (tertiary alicyclic amines) is 1. The second-order valence-electron chi connectivity index (χ2n) is 10.4. The van der Waals surface area contributed by atoms with E-state index in [4.69, 9.17) is 21.1 Å². The van der Waals surface area contributed by atoms with Crippen LogP contribution in [0.2, 0.25) is 5.02 Å². The molecule has 1 saturated heterocycles. The van der Waals surface area contributed by atoms with Gasteiger partial charge in [0.2, 0.25) is 0 Å². The molecule has 1 fully saturated rings. The Kier molecular flexibility index (Phi) is 8.31. The van der Waals surface area contributed by atoms with Crippen molar-refractivity contribution in [2.75, 3.05) is 25.0 Å². The van der Waals surface area contributed by atoms with Crippen LogP contribution in [0.3, 0.4) is 0 Å². The van der Waals surface area contributed by atoms with E-state index in [0.29, 0.717) is 54.6 Å². The fraction of sp³-hybridized carbons (Fsp3) is 0.414. The molecule has 2 aromatic carbocycles. The number of carbonyl (C=O) groups excluding carboxylic acids is 2. The molecule has 0 atom stereocenters. The van der Waals surface area contributed by atoms with Crippen LogP contribution in [0.15, 0.2) is 48.7 Å². The van der Waals surface area contributed by atoms with E-state index in [1.165, 1.54) is 0 Å². The summed E-state index contributed by atoms with van der Waals surface area (Å²) in [5, 5.41) is 8.28. The third kappa shape index (κ3) is 6.13. The van der Waals surface area contributed by atoms with Crippen LogP contribution in [0.25, 0.3) is 5.69 Å². The molecule has 1 N–H and O–H groups in total. The van der Waals surface area contributed by atoms with Crippen molar-refractivity contribution in [2.45, 2.75) is 59.0 Å². The first-order valence-corrected chi connectivity index (χ1v) is 13.3. The summed E-state index contributed by atoms with van der Waals surface area (Å²) in [4.78, 5) is 28.0. The number of carbonyl (C=O) groups is 2. The predicted molar refractivity (Wildman–Crippen MR) is 149 cm³/mol. The lowest BCUT2D eigenvalue weighted by Crippen LogP contribution is -2.41. The molecular formula is C29H35ClN4O4. The van der Waals surface area contributed by atoms with Crippen molar-refractivity contribution in [1.29, 1.82) is 0 Å². The maximum absolute atomic E-state index is 13.6. The second kappa shape index (κ2) is 11.5. The summed E-state index contributed by atoms with van der Waals surface area (Å²) in [6, 6.07) is 13.0. The summed E-state index contributed by atoms with van der Waals surface area (Å²) < 4.78 is 13.1. The fourth-order valence-corrected chi connectivity index (χ4v) is 4.82.